The molecule has 0 unspecified atom stereocenters. The van der Waals surface area contributed by atoms with Crippen molar-refractivity contribution in [3.8, 4) is 0 Å². The topological polar surface area (TPSA) is 67.2 Å². The van der Waals surface area contributed by atoms with Gasteiger partial charge in [0, 0.05) is 0 Å². The molecule has 0 aliphatic heterocycles. The predicted molar refractivity (Wildman–Crippen MR) is 76.3 cm³/mol. The summed E-state index contributed by atoms with van der Waals surface area (Å²) in [4.78, 5) is 11.9. The van der Waals surface area contributed by atoms with Crippen molar-refractivity contribution in [1.29, 1.82) is 0 Å². The third-order valence-corrected chi connectivity index (χ3v) is 4.14. The first kappa shape index (κ1) is 18.0. The van der Waals surface area contributed by atoms with Crippen LogP contribution in [0.2, 0.25) is 0 Å². The molecule has 0 atom stereocenters. The number of nitrogens with one attached hydrogen (secondary N) is 1. The summed E-state index contributed by atoms with van der Waals surface area (Å²) in [6.45, 7) is 2.10. The number of aliphatic hydroxyl groups excluding tert-OH is 1. The maximum absolute atomic E-state index is 12.3. The number of aromatic nitrogens is 2. The van der Waals surface area contributed by atoms with Crippen molar-refractivity contribution >= 4 is 21.6 Å². The Bertz CT molecular complexity index is 533. The number of hydrogen-bond acceptors (Lipinski definition) is 4. The molecule has 0 fully saturated rings. The van der Waals surface area contributed by atoms with Gasteiger partial charge in [0.25, 0.3) is 5.56 Å². The molecular weight excluding hydrogens is 355 g/mol. The molecular formula is C12H17BrF3N3O2. The van der Waals surface area contributed by atoms with Crippen LogP contribution >= 0.6 is 15.9 Å². The van der Waals surface area contributed by atoms with Crippen LogP contribution < -0.4 is 10.9 Å². The molecule has 0 saturated carbocycles. The molecule has 1 heterocycles. The first-order valence-electron chi connectivity index (χ1n) is 6.39. The Balaban J connectivity index is 3.13. The Morgan fingerprint density at radius 3 is 2.38 bits per heavy atom. The highest BCUT2D eigenvalue weighted by Gasteiger charge is 2.31. The minimum Gasteiger partial charge on any atom is -0.394 e. The van der Waals surface area contributed by atoms with Gasteiger partial charge in [-0.25, -0.2) is 4.68 Å². The van der Waals surface area contributed by atoms with Gasteiger partial charge >= 0.3 is 6.18 Å². The van der Waals surface area contributed by atoms with Crippen molar-refractivity contribution in [2.24, 2.45) is 0 Å². The van der Waals surface area contributed by atoms with E-state index in [1.807, 2.05) is 13.8 Å². The van der Waals surface area contributed by atoms with Gasteiger partial charge in [-0.05, 0) is 28.8 Å². The third kappa shape index (κ3) is 4.44. The molecule has 0 radical (unpaired) electrons. The summed E-state index contributed by atoms with van der Waals surface area (Å²) in [5.41, 5.74) is -1.26. The van der Waals surface area contributed by atoms with Gasteiger partial charge in [-0.15, -0.1) is 0 Å². The Morgan fingerprint density at radius 2 is 1.95 bits per heavy atom. The van der Waals surface area contributed by atoms with Gasteiger partial charge in [0.15, 0.2) is 0 Å². The van der Waals surface area contributed by atoms with Gasteiger partial charge in [-0.2, -0.15) is 18.3 Å². The molecule has 0 amide bonds. The maximum atomic E-state index is 12.3. The first-order valence-corrected chi connectivity index (χ1v) is 7.18. The van der Waals surface area contributed by atoms with Crippen molar-refractivity contribution in [3.63, 3.8) is 0 Å². The molecule has 0 bridgehead atoms. The molecule has 2 N–H and O–H groups in total. The second-order valence-electron chi connectivity index (χ2n) is 4.72. The Labute approximate surface area is 128 Å². The van der Waals surface area contributed by atoms with E-state index in [2.05, 4.69) is 26.3 Å². The van der Waals surface area contributed by atoms with Crippen molar-refractivity contribution in [2.45, 2.75) is 44.9 Å². The Hall–Kier alpha value is -1.09. The van der Waals surface area contributed by atoms with Crippen molar-refractivity contribution in [1.82, 2.24) is 9.78 Å². The van der Waals surface area contributed by atoms with E-state index in [4.69, 9.17) is 0 Å². The van der Waals surface area contributed by atoms with E-state index in [1.54, 1.807) is 0 Å². The lowest BCUT2D eigenvalue weighted by molar-refractivity contribution is -0.143. The number of halogens is 4. The van der Waals surface area contributed by atoms with E-state index in [-0.39, 0.29) is 16.8 Å². The van der Waals surface area contributed by atoms with Crippen molar-refractivity contribution in [3.05, 3.63) is 21.0 Å². The highest BCUT2D eigenvalue weighted by Crippen LogP contribution is 2.26. The van der Waals surface area contributed by atoms with Crippen LogP contribution in [0.25, 0.3) is 0 Å². The number of rotatable bonds is 6. The molecule has 9 heteroatoms. The van der Waals surface area contributed by atoms with Crippen molar-refractivity contribution in [2.75, 3.05) is 11.9 Å². The summed E-state index contributed by atoms with van der Waals surface area (Å²) >= 11 is 2.99. The van der Waals surface area contributed by atoms with Gasteiger partial charge in [0.05, 0.1) is 24.0 Å². The number of nitrogens with zero attached hydrogens (tertiary/aromatic N) is 2. The van der Waals surface area contributed by atoms with Crippen LogP contribution in [0.15, 0.2) is 15.5 Å². The quantitative estimate of drug-likeness (QED) is 0.806. The normalized spacial score (nSPS) is 12.5. The maximum Gasteiger partial charge on any atom is 0.408 e. The number of alkyl halides is 3. The van der Waals surface area contributed by atoms with Crippen LogP contribution in [0.4, 0.5) is 18.9 Å². The highest BCUT2D eigenvalue weighted by atomic mass is 79.9. The summed E-state index contributed by atoms with van der Waals surface area (Å²) in [6.07, 6.45) is -2.21. The average Bonchev–Trinajstić information content (AvgIpc) is 2.43. The zero-order valence-corrected chi connectivity index (χ0v) is 13.3. The van der Waals surface area contributed by atoms with E-state index in [1.165, 1.54) is 0 Å². The highest BCUT2D eigenvalue weighted by molar-refractivity contribution is 9.10. The molecule has 21 heavy (non-hydrogen) atoms. The summed E-state index contributed by atoms with van der Waals surface area (Å²) in [7, 11) is 0. The van der Waals surface area contributed by atoms with Gasteiger partial charge in [0.1, 0.15) is 11.0 Å². The fraction of sp³-hybridized carbons (Fsp3) is 0.667. The monoisotopic (exact) mass is 371 g/mol. The number of aliphatic hydroxyl groups is 1. The minimum absolute atomic E-state index is 0.0403. The van der Waals surface area contributed by atoms with E-state index in [0.717, 1.165) is 6.20 Å². The number of anilines is 1. The van der Waals surface area contributed by atoms with E-state index in [9.17, 15) is 23.1 Å². The van der Waals surface area contributed by atoms with E-state index < -0.39 is 23.8 Å². The van der Waals surface area contributed by atoms with Gasteiger partial charge in [-0.1, -0.05) is 13.8 Å². The molecule has 120 valence electrons. The molecule has 0 aliphatic carbocycles. The molecule has 0 aliphatic rings. The largest absolute Gasteiger partial charge is 0.408 e. The summed E-state index contributed by atoms with van der Waals surface area (Å²) in [5, 5.41) is 16.0. The number of hydrogen-bond donors (Lipinski definition) is 2. The molecule has 1 aromatic heterocycles. The zero-order chi connectivity index (χ0) is 16.3. The third-order valence-electron chi connectivity index (χ3n) is 3.37. The second-order valence-corrected chi connectivity index (χ2v) is 5.51. The zero-order valence-electron chi connectivity index (χ0n) is 11.7. The molecule has 1 aromatic rings. The van der Waals surface area contributed by atoms with Gasteiger partial charge in [-0.3, -0.25) is 4.79 Å². The van der Waals surface area contributed by atoms with Crippen molar-refractivity contribution < 1.29 is 18.3 Å². The van der Waals surface area contributed by atoms with E-state index in [0.29, 0.717) is 17.5 Å². The fourth-order valence-corrected chi connectivity index (χ4v) is 2.22. The molecule has 0 saturated heterocycles. The van der Waals surface area contributed by atoms with Crippen LogP contribution in [0, 0.1) is 0 Å². The van der Waals surface area contributed by atoms with Gasteiger partial charge < -0.3 is 10.4 Å². The lowest BCUT2D eigenvalue weighted by atomic mass is 9.93. The average molecular weight is 372 g/mol. The summed E-state index contributed by atoms with van der Waals surface area (Å²) in [5.74, 6) is 0. The molecule has 0 spiro atoms. The van der Waals surface area contributed by atoms with Crippen LogP contribution in [-0.4, -0.2) is 33.2 Å². The molecule has 5 nitrogen and oxygen atoms in total. The van der Waals surface area contributed by atoms with Crippen LogP contribution in [0.1, 0.15) is 26.7 Å². The van der Waals surface area contributed by atoms with Crippen LogP contribution in [0.5, 0.6) is 0 Å². The van der Waals surface area contributed by atoms with Crippen LogP contribution in [-0.2, 0) is 6.54 Å². The Morgan fingerprint density at radius 1 is 1.38 bits per heavy atom. The van der Waals surface area contributed by atoms with Gasteiger partial charge in [0.2, 0.25) is 0 Å². The smallest absolute Gasteiger partial charge is 0.394 e. The predicted octanol–water partition coefficient (Wildman–Crippen LogP) is 2.53. The Kier molecular flexibility index (Phi) is 5.80. The van der Waals surface area contributed by atoms with Crippen LogP contribution in [0.3, 0.4) is 0 Å². The summed E-state index contributed by atoms with van der Waals surface area (Å²) in [6, 6.07) is 0. The lowest BCUT2D eigenvalue weighted by Crippen LogP contribution is -2.42. The fourth-order valence-electron chi connectivity index (χ4n) is 1.81. The molecule has 0 aromatic carbocycles. The van der Waals surface area contributed by atoms with E-state index >= 15 is 0 Å². The summed E-state index contributed by atoms with van der Waals surface area (Å²) < 4.78 is 37.3. The lowest BCUT2D eigenvalue weighted by Gasteiger charge is -2.32. The second kappa shape index (κ2) is 6.78. The molecule has 1 rings (SSSR count). The SMILES string of the molecule is CCC(CC)(CO)Nc1cnn(CC(F)(F)F)c(=O)c1Br. The standard InChI is InChI=1S/C12H17BrF3N3O2/c1-3-11(4-2,7-20)18-8-5-17-19(6-12(14,15)16)10(21)9(8)13/h5,18,20H,3-4,6-7H2,1-2H3. The minimum atomic E-state index is -4.52. The first-order chi connectivity index (χ1) is 9.68.